The Morgan fingerprint density at radius 1 is 0.935 bits per heavy atom. The Hall–Kier alpha value is -2.74. The molecule has 0 radical (unpaired) electrons. The molecule has 0 aliphatic rings. The van der Waals surface area contributed by atoms with Crippen LogP contribution in [-0.4, -0.2) is 40.8 Å². The molecule has 0 aliphatic heterocycles. The van der Waals surface area contributed by atoms with Crippen molar-refractivity contribution in [2.24, 2.45) is 0 Å². The lowest BCUT2D eigenvalue weighted by Crippen LogP contribution is -2.48. The average molecular weight is 449 g/mol. The minimum absolute atomic E-state index is 0.277. The standard InChI is InChI=1S/C23H32N2O5S/c1-14-11-16(3)20(12-15(14)2)17(4)24-23(26)18(5)25(31(8,27)28)19-9-10-21(29-6)22(13-19)30-7/h9-13,17-18H,1-8H3,(H,24,26). The van der Waals surface area contributed by atoms with Gasteiger partial charge in [0, 0.05) is 6.07 Å². The number of amides is 1. The molecular weight excluding hydrogens is 416 g/mol. The first-order valence-corrected chi connectivity index (χ1v) is 11.8. The first kappa shape index (κ1) is 24.5. The maximum Gasteiger partial charge on any atom is 0.244 e. The molecule has 1 N–H and O–H groups in total. The number of carbonyl (C=O) groups excluding carboxylic acids is 1. The fourth-order valence-corrected chi connectivity index (χ4v) is 4.80. The zero-order valence-corrected chi connectivity index (χ0v) is 20.3. The van der Waals surface area contributed by atoms with Crippen LogP contribution < -0.4 is 19.1 Å². The lowest BCUT2D eigenvalue weighted by molar-refractivity contribution is -0.122. The van der Waals surface area contributed by atoms with Gasteiger partial charge >= 0.3 is 0 Å². The summed E-state index contributed by atoms with van der Waals surface area (Å²) in [5.41, 5.74) is 4.71. The second-order valence-electron chi connectivity index (χ2n) is 7.80. The number of methoxy groups -OCH3 is 2. The van der Waals surface area contributed by atoms with Crippen molar-refractivity contribution in [3.63, 3.8) is 0 Å². The molecular formula is C23H32N2O5S. The molecule has 0 saturated heterocycles. The summed E-state index contributed by atoms with van der Waals surface area (Å²) in [6.07, 6.45) is 1.07. The molecule has 31 heavy (non-hydrogen) atoms. The van der Waals surface area contributed by atoms with E-state index in [1.807, 2.05) is 27.7 Å². The van der Waals surface area contributed by atoms with Gasteiger partial charge in [0.05, 0.1) is 32.2 Å². The highest BCUT2D eigenvalue weighted by molar-refractivity contribution is 7.92. The van der Waals surface area contributed by atoms with Gasteiger partial charge in [-0.2, -0.15) is 0 Å². The smallest absolute Gasteiger partial charge is 0.244 e. The third-order valence-electron chi connectivity index (χ3n) is 5.42. The second-order valence-corrected chi connectivity index (χ2v) is 9.66. The largest absolute Gasteiger partial charge is 0.493 e. The molecule has 0 aromatic heterocycles. The van der Waals surface area contributed by atoms with Crippen LogP contribution in [0.4, 0.5) is 5.69 Å². The number of ether oxygens (including phenoxy) is 2. The van der Waals surface area contributed by atoms with Crippen LogP contribution in [0.15, 0.2) is 30.3 Å². The molecule has 2 aromatic carbocycles. The van der Waals surface area contributed by atoms with E-state index in [0.717, 1.165) is 27.3 Å². The van der Waals surface area contributed by atoms with E-state index < -0.39 is 22.0 Å². The summed E-state index contributed by atoms with van der Waals surface area (Å²) in [5.74, 6) is 0.446. The molecule has 1 amide bonds. The first-order valence-electron chi connectivity index (χ1n) is 10.00. The Bertz CT molecular complexity index is 1070. The van der Waals surface area contributed by atoms with Gasteiger partial charge in [0.2, 0.25) is 15.9 Å². The number of hydrogen-bond acceptors (Lipinski definition) is 5. The third kappa shape index (κ3) is 5.50. The van der Waals surface area contributed by atoms with Crippen molar-refractivity contribution >= 4 is 21.6 Å². The fourth-order valence-electron chi connectivity index (χ4n) is 3.63. The first-order chi connectivity index (χ1) is 14.4. The third-order valence-corrected chi connectivity index (χ3v) is 6.66. The Morgan fingerprint density at radius 3 is 2.06 bits per heavy atom. The van der Waals surface area contributed by atoms with Gasteiger partial charge < -0.3 is 14.8 Å². The predicted octanol–water partition coefficient (Wildman–Crippen LogP) is 3.66. The number of carbonyl (C=O) groups is 1. The van der Waals surface area contributed by atoms with E-state index in [1.54, 1.807) is 25.1 Å². The van der Waals surface area contributed by atoms with Crippen molar-refractivity contribution in [1.82, 2.24) is 5.32 Å². The van der Waals surface area contributed by atoms with Crippen molar-refractivity contribution in [3.05, 3.63) is 52.6 Å². The Labute approximate surface area is 185 Å². The zero-order valence-electron chi connectivity index (χ0n) is 19.4. The van der Waals surface area contributed by atoms with Crippen molar-refractivity contribution in [2.45, 2.75) is 46.7 Å². The van der Waals surface area contributed by atoms with Gasteiger partial charge in [-0.25, -0.2) is 8.42 Å². The summed E-state index contributed by atoms with van der Waals surface area (Å²) in [7, 11) is -0.785. The molecule has 0 aliphatic carbocycles. The summed E-state index contributed by atoms with van der Waals surface area (Å²) < 4.78 is 36.8. The van der Waals surface area contributed by atoms with Crippen LogP contribution in [-0.2, 0) is 14.8 Å². The number of nitrogens with one attached hydrogen (secondary N) is 1. The van der Waals surface area contributed by atoms with E-state index in [1.165, 1.54) is 19.8 Å². The van der Waals surface area contributed by atoms with E-state index in [2.05, 4.69) is 17.4 Å². The van der Waals surface area contributed by atoms with Crippen molar-refractivity contribution in [1.29, 1.82) is 0 Å². The van der Waals surface area contributed by atoms with Gasteiger partial charge in [0.25, 0.3) is 0 Å². The van der Waals surface area contributed by atoms with Crippen LogP contribution in [0.5, 0.6) is 11.5 Å². The van der Waals surface area contributed by atoms with E-state index >= 15 is 0 Å². The van der Waals surface area contributed by atoms with Crippen LogP contribution in [0.3, 0.4) is 0 Å². The maximum absolute atomic E-state index is 13.1. The second kappa shape index (κ2) is 9.60. The van der Waals surface area contributed by atoms with Crippen molar-refractivity contribution < 1.29 is 22.7 Å². The molecule has 2 atom stereocenters. The molecule has 0 saturated carbocycles. The fraction of sp³-hybridized carbons (Fsp3) is 0.435. The lowest BCUT2D eigenvalue weighted by Gasteiger charge is -2.30. The number of rotatable bonds is 8. The highest BCUT2D eigenvalue weighted by Gasteiger charge is 2.30. The number of benzene rings is 2. The summed E-state index contributed by atoms with van der Waals surface area (Å²) in [6, 6.07) is 7.64. The van der Waals surface area contributed by atoms with Gasteiger partial charge in [-0.1, -0.05) is 12.1 Å². The van der Waals surface area contributed by atoms with Gasteiger partial charge in [0.15, 0.2) is 11.5 Å². The van der Waals surface area contributed by atoms with Crippen LogP contribution in [0.25, 0.3) is 0 Å². The van der Waals surface area contributed by atoms with Gasteiger partial charge in [-0.15, -0.1) is 0 Å². The summed E-state index contributed by atoms with van der Waals surface area (Å²) in [5, 5.41) is 2.96. The molecule has 170 valence electrons. The molecule has 8 heteroatoms. The minimum atomic E-state index is -3.75. The number of nitrogens with zero attached hydrogens (tertiary/aromatic N) is 1. The molecule has 0 heterocycles. The monoisotopic (exact) mass is 448 g/mol. The summed E-state index contributed by atoms with van der Waals surface area (Å²) >= 11 is 0. The van der Waals surface area contributed by atoms with Crippen molar-refractivity contribution in [2.75, 3.05) is 24.8 Å². The van der Waals surface area contributed by atoms with Crippen LogP contribution >= 0.6 is 0 Å². The lowest BCUT2D eigenvalue weighted by atomic mass is 9.96. The zero-order chi connectivity index (χ0) is 23.5. The van der Waals surface area contributed by atoms with E-state index in [0.29, 0.717) is 17.2 Å². The predicted molar refractivity (Wildman–Crippen MR) is 124 cm³/mol. The highest BCUT2D eigenvalue weighted by atomic mass is 32.2. The summed E-state index contributed by atoms with van der Waals surface area (Å²) in [6.45, 7) is 9.53. The summed E-state index contributed by atoms with van der Waals surface area (Å²) in [4.78, 5) is 13.1. The van der Waals surface area contributed by atoms with Gasteiger partial charge in [-0.05, 0) is 69.0 Å². The molecule has 0 bridgehead atoms. The minimum Gasteiger partial charge on any atom is -0.493 e. The number of aryl methyl sites for hydroxylation is 3. The van der Waals surface area contributed by atoms with Crippen LogP contribution in [0.1, 0.15) is 42.1 Å². The Morgan fingerprint density at radius 2 is 1.52 bits per heavy atom. The average Bonchev–Trinajstić information content (AvgIpc) is 2.69. The maximum atomic E-state index is 13.1. The van der Waals surface area contributed by atoms with Crippen LogP contribution in [0, 0.1) is 20.8 Å². The highest BCUT2D eigenvalue weighted by Crippen LogP contribution is 2.33. The normalized spacial score (nSPS) is 13.3. The number of hydrogen-bond donors (Lipinski definition) is 1. The molecule has 2 rings (SSSR count). The SMILES string of the molecule is COc1ccc(N(C(C)C(=O)NC(C)c2cc(C)c(C)cc2C)S(C)(=O)=O)cc1OC. The topological polar surface area (TPSA) is 84.9 Å². The molecule has 2 unspecified atom stereocenters. The van der Waals surface area contributed by atoms with Gasteiger partial charge in [0.1, 0.15) is 6.04 Å². The molecule has 0 spiro atoms. The molecule has 0 fully saturated rings. The molecule has 7 nitrogen and oxygen atoms in total. The Kier molecular flexibility index (Phi) is 7.59. The van der Waals surface area contributed by atoms with E-state index in [9.17, 15) is 13.2 Å². The number of sulfonamides is 1. The van der Waals surface area contributed by atoms with Crippen LogP contribution in [0.2, 0.25) is 0 Å². The van der Waals surface area contributed by atoms with E-state index in [-0.39, 0.29) is 6.04 Å². The van der Waals surface area contributed by atoms with Crippen molar-refractivity contribution in [3.8, 4) is 11.5 Å². The Balaban J connectivity index is 2.35. The molecule has 2 aromatic rings. The number of anilines is 1. The van der Waals surface area contributed by atoms with Gasteiger partial charge in [-0.3, -0.25) is 9.10 Å². The quantitative estimate of drug-likeness (QED) is 0.666. The van der Waals surface area contributed by atoms with E-state index in [4.69, 9.17) is 9.47 Å².